The zero-order chi connectivity index (χ0) is 9.14. The van der Waals surface area contributed by atoms with E-state index in [1.807, 2.05) is 0 Å². The number of esters is 1. The van der Waals surface area contributed by atoms with Crippen LogP contribution in [0, 0.1) is 6.17 Å². The molecular formula is C7H10N3O2. The third-order valence-corrected chi connectivity index (χ3v) is 1.41. The molecule has 1 aliphatic rings. The number of azo groups is 1. The van der Waals surface area contributed by atoms with Gasteiger partial charge in [0.15, 0.2) is 0 Å². The molecule has 5 nitrogen and oxygen atoms in total. The van der Waals surface area contributed by atoms with Crippen LogP contribution in [0.15, 0.2) is 21.5 Å². The Bertz CT molecular complexity index is 257. The van der Waals surface area contributed by atoms with Crippen molar-refractivity contribution in [3.63, 3.8) is 0 Å². The van der Waals surface area contributed by atoms with Crippen LogP contribution in [0.3, 0.4) is 0 Å². The van der Waals surface area contributed by atoms with Crippen molar-refractivity contribution in [2.24, 2.45) is 16.0 Å². The minimum absolute atomic E-state index is 0.131. The molecule has 65 valence electrons. The van der Waals surface area contributed by atoms with Crippen LogP contribution in [-0.2, 0) is 9.53 Å². The van der Waals surface area contributed by atoms with Gasteiger partial charge in [-0.1, -0.05) is 0 Å². The van der Waals surface area contributed by atoms with Gasteiger partial charge in [-0.3, -0.25) is 5.73 Å². The van der Waals surface area contributed by atoms with Crippen molar-refractivity contribution in [3.05, 3.63) is 17.4 Å². The van der Waals surface area contributed by atoms with Gasteiger partial charge in [-0.15, -0.1) is 0 Å². The highest BCUT2D eigenvalue weighted by Gasteiger charge is 2.26. The average molecular weight is 168 g/mol. The molecule has 0 saturated heterocycles. The highest BCUT2D eigenvalue weighted by atomic mass is 16.5. The maximum absolute atomic E-state index is 11.2. The monoisotopic (exact) mass is 168 g/mol. The lowest BCUT2D eigenvalue weighted by Crippen LogP contribution is -2.18. The number of ether oxygens (including phenoxy) is 1. The van der Waals surface area contributed by atoms with E-state index in [9.17, 15) is 4.79 Å². The second-order valence-electron chi connectivity index (χ2n) is 2.27. The fourth-order valence-corrected chi connectivity index (χ4v) is 0.870. The fourth-order valence-electron chi connectivity index (χ4n) is 0.870. The van der Waals surface area contributed by atoms with Crippen molar-refractivity contribution in [2.75, 3.05) is 6.61 Å². The fraction of sp³-hybridized carbons (Fsp3) is 0.429. The van der Waals surface area contributed by atoms with Crippen LogP contribution in [0.2, 0.25) is 0 Å². The van der Waals surface area contributed by atoms with Crippen LogP contribution in [0.1, 0.15) is 13.8 Å². The maximum atomic E-state index is 11.2. The van der Waals surface area contributed by atoms with E-state index in [-0.39, 0.29) is 11.7 Å². The number of hydrogen-bond acceptors (Lipinski definition) is 5. The van der Waals surface area contributed by atoms with Gasteiger partial charge in [0.25, 0.3) is 0 Å². The third-order valence-electron chi connectivity index (χ3n) is 1.41. The summed E-state index contributed by atoms with van der Waals surface area (Å²) in [5, 5.41) is 7.19. The molecule has 2 N–H and O–H groups in total. The number of hydrogen-bond donors (Lipinski definition) is 1. The number of nitrogens with zero attached hydrogens (tertiary/aromatic N) is 2. The molecule has 0 bridgehead atoms. The summed E-state index contributed by atoms with van der Waals surface area (Å²) >= 11 is 0. The van der Waals surface area contributed by atoms with Gasteiger partial charge in [-0.25, -0.2) is 4.79 Å². The Morgan fingerprint density at radius 3 is 2.67 bits per heavy atom. The van der Waals surface area contributed by atoms with Crippen LogP contribution in [-0.4, -0.2) is 12.6 Å². The molecule has 5 heteroatoms. The van der Waals surface area contributed by atoms with Gasteiger partial charge < -0.3 is 4.74 Å². The molecule has 0 aliphatic carbocycles. The molecule has 0 fully saturated rings. The number of carbonyl (C=O) groups excluding carboxylic acids is 1. The minimum Gasteiger partial charge on any atom is -0.462 e. The number of allylic oxidation sites excluding steroid dienone is 1. The average Bonchev–Trinajstić information content (AvgIpc) is 2.32. The molecule has 0 amide bonds. The quantitative estimate of drug-likeness (QED) is 0.617. The van der Waals surface area contributed by atoms with Gasteiger partial charge >= 0.3 is 5.97 Å². The van der Waals surface area contributed by atoms with Crippen molar-refractivity contribution in [2.45, 2.75) is 13.8 Å². The molecule has 0 spiro atoms. The zero-order valence-electron chi connectivity index (χ0n) is 7.00. The summed E-state index contributed by atoms with van der Waals surface area (Å²) in [5.41, 5.74) is 6.18. The molecule has 1 heterocycles. The van der Waals surface area contributed by atoms with Crippen molar-refractivity contribution in [3.8, 4) is 0 Å². The first-order valence-corrected chi connectivity index (χ1v) is 3.59. The molecule has 0 aromatic rings. The largest absolute Gasteiger partial charge is 0.462 e. The summed E-state index contributed by atoms with van der Waals surface area (Å²) in [7, 11) is 0. The summed E-state index contributed by atoms with van der Waals surface area (Å²) in [6.45, 7) is 3.71. The maximum Gasteiger partial charge on any atom is 0.340 e. The summed E-state index contributed by atoms with van der Waals surface area (Å²) in [4.78, 5) is 11.2. The number of carbonyl (C=O) groups is 1. The molecule has 1 radical (unpaired) electrons. The molecule has 1 rings (SSSR count). The van der Waals surface area contributed by atoms with Crippen LogP contribution < -0.4 is 5.73 Å². The lowest BCUT2D eigenvalue weighted by molar-refractivity contribution is -0.138. The van der Waals surface area contributed by atoms with Crippen molar-refractivity contribution >= 4 is 5.97 Å². The van der Waals surface area contributed by atoms with Crippen molar-refractivity contribution in [1.29, 1.82) is 0 Å². The third kappa shape index (κ3) is 1.50. The first-order chi connectivity index (χ1) is 5.66. The Balaban J connectivity index is 2.75. The molecule has 0 saturated carbocycles. The van der Waals surface area contributed by atoms with E-state index in [1.54, 1.807) is 13.8 Å². The SMILES string of the molecule is CCOC(=O)C1=C(C)N=N[C]1N. The van der Waals surface area contributed by atoms with Crippen molar-refractivity contribution in [1.82, 2.24) is 0 Å². The minimum atomic E-state index is -0.461. The van der Waals surface area contributed by atoms with Crippen LogP contribution in [0.4, 0.5) is 0 Å². The van der Waals surface area contributed by atoms with Gasteiger partial charge in [-0.05, 0) is 13.8 Å². The van der Waals surface area contributed by atoms with Gasteiger partial charge in [0.2, 0.25) is 6.17 Å². The molecular weight excluding hydrogens is 158 g/mol. The normalized spacial score (nSPS) is 17.2. The Labute approximate surface area is 70.3 Å². The molecule has 0 aromatic carbocycles. The second-order valence-corrected chi connectivity index (χ2v) is 2.27. The smallest absolute Gasteiger partial charge is 0.340 e. The van der Waals surface area contributed by atoms with E-state index in [4.69, 9.17) is 10.5 Å². The number of nitrogens with two attached hydrogens (primary N) is 1. The van der Waals surface area contributed by atoms with E-state index in [2.05, 4.69) is 10.2 Å². The first kappa shape index (κ1) is 8.86. The van der Waals surface area contributed by atoms with Crippen molar-refractivity contribution < 1.29 is 9.53 Å². The van der Waals surface area contributed by atoms with Crippen LogP contribution >= 0.6 is 0 Å². The van der Waals surface area contributed by atoms with Gasteiger partial charge in [0, 0.05) is 0 Å². The predicted molar refractivity (Wildman–Crippen MR) is 41.6 cm³/mol. The van der Waals surface area contributed by atoms with E-state index < -0.39 is 5.97 Å². The molecule has 1 aliphatic heterocycles. The van der Waals surface area contributed by atoms with E-state index >= 15 is 0 Å². The van der Waals surface area contributed by atoms with Crippen LogP contribution in [0.5, 0.6) is 0 Å². The molecule has 0 aromatic heterocycles. The van der Waals surface area contributed by atoms with E-state index in [0.29, 0.717) is 12.3 Å². The van der Waals surface area contributed by atoms with Gasteiger partial charge in [0.1, 0.15) is 5.57 Å². The molecule has 12 heavy (non-hydrogen) atoms. The lowest BCUT2D eigenvalue weighted by atomic mass is 10.2. The Morgan fingerprint density at radius 1 is 1.58 bits per heavy atom. The second kappa shape index (κ2) is 3.44. The Hall–Kier alpha value is -1.23. The summed E-state index contributed by atoms with van der Waals surface area (Å²) < 4.78 is 4.75. The summed E-state index contributed by atoms with van der Waals surface area (Å²) in [5.74, 6) is -0.461. The Kier molecular flexibility index (Phi) is 2.54. The highest BCUT2D eigenvalue weighted by Crippen LogP contribution is 2.24. The Morgan fingerprint density at radius 2 is 2.25 bits per heavy atom. The summed E-state index contributed by atoms with van der Waals surface area (Å²) in [6.07, 6.45) is 0.131. The van der Waals surface area contributed by atoms with E-state index in [1.165, 1.54) is 0 Å². The lowest BCUT2D eigenvalue weighted by Gasteiger charge is -2.04. The first-order valence-electron chi connectivity index (χ1n) is 3.59. The van der Waals surface area contributed by atoms with E-state index in [0.717, 1.165) is 0 Å². The molecule has 0 unspecified atom stereocenters. The molecule has 0 atom stereocenters. The zero-order valence-corrected chi connectivity index (χ0v) is 7.00. The standard InChI is InChI=1S/C7H10N3O2/c1-3-12-7(11)5-4(2)9-10-6(5)8/h3,8H2,1-2H3. The highest BCUT2D eigenvalue weighted by molar-refractivity contribution is 5.93. The van der Waals surface area contributed by atoms with Gasteiger partial charge in [-0.2, -0.15) is 10.2 Å². The predicted octanol–water partition coefficient (Wildman–Crippen LogP) is 0.737. The van der Waals surface area contributed by atoms with Gasteiger partial charge in [0.05, 0.1) is 12.3 Å². The number of rotatable bonds is 2. The van der Waals surface area contributed by atoms with Crippen LogP contribution in [0.25, 0.3) is 0 Å². The summed E-state index contributed by atoms with van der Waals surface area (Å²) in [6, 6.07) is 0. The topological polar surface area (TPSA) is 77.0 Å².